The van der Waals surface area contributed by atoms with Gasteiger partial charge >= 0.3 is 0 Å². The Bertz CT molecular complexity index is 553. The number of aliphatic hydroxyl groups is 1. The fourth-order valence-electron chi connectivity index (χ4n) is 1.59. The summed E-state index contributed by atoms with van der Waals surface area (Å²) in [7, 11) is 0. The third-order valence-electron chi connectivity index (χ3n) is 3.09. The number of nitrogens with zero attached hydrogens (tertiary/aromatic N) is 1. The molecule has 96 valence electrons. The fraction of sp³-hybridized carbons (Fsp3) is 0.385. The van der Waals surface area contributed by atoms with Crippen molar-refractivity contribution in [3.63, 3.8) is 0 Å². The number of carbonyl (C=O) groups excluding carboxylic acids is 1. The maximum absolute atomic E-state index is 12.0. The molecular formula is C13H16N2O2S. The predicted octanol–water partition coefficient (Wildman–Crippen LogP) is 2.04. The first-order valence-electron chi connectivity index (χ1n) is 5.86. The number of hydrogen-bond acceptors (Lipinski definition) is 4. The van der Waals surface area contributed by atoms with Gasteiger partial charge in [-0.15, -0.1) is 11.3 Å². The van der Waals surface area contributed by atoms with Crippen LogP contribution < -0.4 is 5.32 Å². The summed E-state index contributed by atoms with van der Waals surface area (Å²) >= 11 is 1.52. The first-order chi connectivity index (χ1) is 8.61. The summed E-state index contributed by atoms with van der Waals surface area (Å²) in [5.41, 5.74) is 3.31. The minimum Gasteiger partial charge on any atom is -0.396 e. The number of rotatable bonds is 4. The number of fused-ring (bicyclic) bond motifs is 1. The van der Waals surface area contributed by atoms with Gasteiger partial charge in [-0.25, -0.2) is 4.98 Å². The Hall–Kier alpha value is -1.46. The van der Waals surface area contributed by atoms with Crippen LogP contribution in [0.2, 0.25) is 0 Å². The van der Waals surface area contributed by atoms with E-state index in [1.165, 1.54) is 11.3 Å². The van der Waals surface area contributed by atoms with Crippen LogP contribution in [0.5, 0.6) is 0 Å². The van der Waals surface area contributed by atoms with Gasteiger partial charge < -0.3 is 10.4 Å². The van der Waals surface area contributed by atoms with Crippen molar-refractivity contribution in [1.82, 2.24) is 10.3 Å². The smallest absolute Gasteiger partial charge is 0.251 e. The molecule has 0 fully saturated rings. The molecule has 0 bridgehead atoms. The van der Waals surface area contributed by atoms with E-state index >= 15 is 0 Å². The molecule has 1 heterocycles. The lowest BCUT2D eigenvalue weighted by molar-refractivity contribution is 0.0916. The van der Waals surface area contributed by atoms with Crippen molar-refractivity contribution in [2.24, 2.45) is 5.92 Å². The quantitative estimate of drug-likeness (QED) is 0.888. The third-order valence-corrected chi connectivity index (χ3v) is 3.89. The highest BCUT2D eigenvalue weighted by molar-refractivity contribution is 7.16. The summed E-state index contributed by atoms with van der Waals surface area (Å²) in [6.45, 7) is 3.86. The van der Waals surface area contributed by atoms with E-state index < -0.39 is 0 Å². The van der Waals surface area contributed by atoms with Crippen molar-refractivity contribution in [1.29, 1.82) is 0 Å². The molecule has 5 heteroatoms. The van der Waals surface area contributed by atoms with Crippen LogP contribution in [0, 0.1) is 5.92 Å². The summed E-state index contributed by atoms with van der Waals surface area (Å²) in [6, 6.07) is 5.41. The molecule has 2 atom stereocenters. The second-order valence-electron chi connectivity index (χ2n) is 4.46. The number of benzene rings is 1. The Kier molecular flexibility index (Phi) is 3.93. The highest BCUT2D eigenvalue weighted by Crippen LogP contribution is 2.19. The highest BCUT2D eigenvalue weighted by Gasteiger charge is 2.15. The molecule has 4 nitrogen and oxygen atoms in total. The maximum Gasteiger partial charge on any atom is 0.251 e. The zero-order valence-corrected chi connectivity index (χ0v) is 11.2. The first-order valence-corrected chi connectivity index (χ1v) is 6.74. The van der Waals surface area contributed by atoms with Crippen molar-refractivity contribution in [3.05, 3.63) is 29.3 Å². The van der Waals surface area contributed by atoms with E-state index in [9.17, 15) is 4.79 Å². The minimum absolute atomic E-state index is 0.0427. The number of aliphatic hydroxyl groups excluding tert-OH is 1. The van der Waals surface area contributed by atoms with Gasteiger partial charge in [-0.2, -0.15) is 0 Å². The number of hydrogen-bond donors (Lipinski definition) is 2. The van der Waals surface area contributed by atoms with Crippen LogP contribution in [0.1, 0.15) is 24.2 Å². The van der Waals surface area contributed by atoms with Gasteiger partial charge in [0.15, 0.2) is 0 Å². The second kappa shape index (κ2) is 5.46. The SMILES string of the molecule is CC(CO)C(C)NC(=O)c1ccc2ncsc2c1. The molecule has 0 radical (unpaired) electrons. The molecular weight excluding hydrogens is 248 g/mol. The van der Waals surface area contributed by atoms with E-state index in [-0.39, 0.29) is 24.5 Å². The van der Waals surface area contributed by atoms with Crippen molar-refractivity contribution in [3.8, 4) is 0 Å². The largest absolute Gasteiger partial charge is 0.396 e. The van der Waals surface area contributed by atoms with Crippen LogP contribution in [0.3, 0.4) is 0 Å². The normalized spacial score (nSPS) is 14.4. The van der Waals surface area contributed by atoms with Gasteiger partial charge in [0.1, 0.15) is 0 Å². The Morgan fingerprint density at radius 3 is 3.00 bits per heavy atom. The van der Waals surface area contributed by atoms with Crippen LogP contribution in [0.25, 0.3) is 10.2 Å². The molecule has 2 N–H and O–H groups in total. The summed E-state index contributed by atoms with van der Waals surface area (Å²) < 4.78 is 1.01. The molecule has 2 rings (SSSR count). The number of amides is 1. The number of nitrogens with one attached hydrogen (secondary N) is 1. The van der Waals surface area contributed by atoms with Crippen LogP contribution >= 0.6 is 11.3 Å². The van der Waals surface area contributed by atoms with Gasteiger partial charge in [-0.05, 0) is 31.0 Å². The summed E-state index contributed by atoms with van der Waals surface area (Å²) in [5.74, 6) is -0.0702. The van der Waals surface area contributed by atoms with Crippen molar-refractivity contribution in [2.75, 3.05) is 6.61 Å². The lowest BCUT2D eigenvalue weighted by Gasteiger charge is -2.19. The van der Waals surface area contributed by atoms with Crippen LogP contribution in [0.15, 0.2) is 23.7 Å². The van der Waals surface area contributed by atoms with E-state index in [2.05, 4.69) is 10.3 Å². The molecule has 2 aromatic rings. The monoisotopic (exact) mass is 264 g/mol. The zero-order valence-electron chi connectivity index (χ0n) is 10.4. The molecule has 0 aliphatic rings. The van der Waals surface area contributed by atoms with E-state index in [0.29, 0.717) is 5.56 Å². The average Bonchev–Trinajstić information content (AvgIpc) is 2.84. The van der Waals surface area contributed by atoms with Gasteiger partial charge in [0.25, 0.3) is 5.91 Å². The average molecular weight is 264 g/mol. The number of carbonyl (C=O) groups is 1. The predicted molar refractivity (Wildman–Crippen MR) is 72.8 cm³/mol. The standard InChI is InChI=1S/C13H16N2O2S/c1-8(6-16)9(2)15-13(17)10-3-4-11-12(5-10)18-7-14-11/h3-5,7-9,16H,6H2,1-2H3,(H,15,17). The molecule has 1 aromatic heterocycles. The Morgan fingerprint density at radius 2 is 2.28 bits per heavy atom. The lowest BCUT2D eigenvalue weighted by Crippen LogP contribution is -2.38. The van der Waals surface area contributed by atoms with Crippen LogP contribution in [0.4, 0.5) is 0 Å². The van der Waals surface area contributed by atoms with Gasteiger partial charge in [0.05, 0.1) is 15.7 Å². The van der Waals surface area contributed by atoms with Gasteiger partial charge in [-0.3, -0.25) is 4.79 Å². The van der Waals surface area contributed by atoms with E-state index in [1.807, 2.05) is 26.0 Å². The topological polar surface area (TPSA) is 62.2 Å². The second-order valence-corrected chi connectivity index (χ2v) is 5.34. The summed E-state index contributed by atoms with van der Waals surface area (Å²) in [4.78, 5) is 16.2. The molecule has 2 unspecified atom stereocenters. The summed E-state index contributed by atoms with van der Waals surface area (Å²) in [5, 5.41) is 11.9. The molecule has 0 aliphatic heterocycles. The Balaban J connectivity index is 2.13. The number of aromatic nitrogens is 1. The molecule has 0 aliphatic carbocycles. The third kappa shape index (κ3) is 2.68. The van der Waals surface area contributed by atoms with Crippen molar-refractivity contribution in [2.45, 2.75) is 19.9 Å². The summed E-state index contributed by atoms with van der Waals surface area (Å²) in [6.07, 6.45) is 0. The van der Waals surface area contributed by atoms with Crippen LogP contribution in [-0.4, -0.2) is 28.6 Å². The molecule has 0 saturated heterocycles. The zero-order chi connectivity index (χ0) is 13.1. The minimum atomic E-state index is -0.113. The molecule has 1 aromatic carbocycles. The molecule has 0 saturated carbocycles. The fourth-order valence-corrected chi connectivity index (χ4v) is 2.30. The van der Waals surface area contributed by atoms with E-state index in [0.717, 1.165) is 10.2 Å². The van der Waals surface area contributed by atoms with E-state index in [1.54, 1.807) is 11.6 Å². The molecule has 18 heavy (non-hydrogen) atoms. The molecule has 1 amide bonds. The van der Waals surface area contributed by atoms with Crippen molar-refractivity contribution >= 4 is 27.5 Å². The van der Waals surface area contributed by atoms with Crippen LogP contribution in [-0.2, 0) is 0 Å². The van der Waals surface area contributed by atoms with Gasteiger partial charge in [-0.1, -0.05) is 6.92 Å². The Labute approximate surface area is 110 Å². The van der Waals surface area contributed by atoms with Gasteiger partial charge in [0, 0.05) is 18.2 Å². The first kappa shape index (κ1) is 13.0. The lowest BCUT2D eigenvalue weighted by atomic mass is 10.0. The molecule has 0 spiro atoms. The highest BCUT2D eigenvalue weighted by atomic mass is 32.1. The Morgan fingerprint density at radius 1 is 1.50 bits per heavy atom. The number of thiazole rings is 1. The van der Waals surface area contributed by atoms with E-state index in [4.69, 9.17) is 5.11 Å². The maximum atomic E-state index is 12.0. The van der Waals surface area contributed by atoms with Gasteiger partial charge in [0.2, 0.25) is 0 Å². The van der Waals surface area contributed by atoms with Crippen molar-refractivity contribution < 1.29 is 9.90 Å².